The molecule has 1 aromatic heterocycles. The predicted molar refractivity (Wildman–Crippen MR) is 124 cm³/mol. The van der Waals surface area contributed by atoms with Gasteiger partial charge in [0.05, 0.1) is 22.6 Å². The molecule has 0 aromatic carbocycles. The Kier molecular flexibility index (Phi) is 6.81. The second-order valence-electron chi connectivity index (χ2n) is 11.2. The number of aromatic nitrogens is 1. The van der Waals surface area contributed by atoms with Gasteiger partial charge in [-0.15, -0.1) is 0 Å². The summed E-state index contributed by atoms with van der Waals surface area (Å²) in [5.41, 5.74) is -0.711. The summed E-state index contributed by atoms with van der Waals surface area (Å²) in [5.74, 6) is 0. The molecule has 0 unspecified atom stereocenters. The monoisotopic (exact) mass is 448 g/mol. The molecule has 1 aromatic rings. The Morgan fingerprint density at radius 1 is 0.906 bits per heavy atom. The van der Waals surface area contributed by atoms with Crippen molar-refractivity contribution in [2.75, 3.05) is 4.90 Å². The summed E-state index contributed by atoms with van der Waals surface area (Å²) < 4.78 is 23.4. The summed E-state index contributed by atoms with van der Waals surface area (Å²) in [5, 5.41) is 0. The van der Waals surface area contributed by atoms with Crippen molar-refractivity contribution in [3.05, 3.63) is 17.5 Å². The lowest BCUT2D eigenvalue weighted by Gasteiger charge is -2.32. The third kappa shape index (κ3) is 5.62. The molecule has 0 bridgehead atoms. The van der Waals surface area contributed by atoms with E-state index in [0.29, 0.717) is 22.4 Å². The summed E-state index contributed by atoms with van der Waals surface area (Å²) in [4.78, 5) is 31.6. The van der Waals surface area contributed by atoms with Crippen LogP contribution in [0.3, 0.4) is 0 Å². The zero-order chi connectivity index (χ0) is 24.9. The molecule has 2 amide bonds. The van der Waals surface area contributed by atoms with Crippen LogP contribution in [0.15, 0.2) is 6.20 Å². The third-order valence-corrected chi connectivity index (χ3v) is 5.41. The Morgan fingerprint density at radius 3 is 1.69 bits per heavy atom. The van der Waals surface area contributed by atoms with E-state index < -0.39 is 41.7 Å². The molecule has 0 N–H and O–H groups in total. The topological polar surface area (TPSA) is 87.2 Å². The van der Waals surface area contributed by atoms with Crippen molar-refractivity contribution < 1.29 is 28.4 Å². The number of pyridine rings is 1. The number of hydrogen-bond acceptors (Lipinski definition) is 7. The van der Waals surface area contributed by atoms with E-state index in [1.54, 1.807) is 61.6 Å². The SMILES string of the molecule is Cc1ncc(B2OC(C)(C)C(C)(C)O2)c(C)c1N(C(=O)OC(C)(C)C)C(=O)OC(C)(C)C. The highest BCUT2D eigenvalue weighted by Gasteiger charge is 2.52. The van der Waals surface area contributed by atoms with Gasteiger partial charge in [-0.25, -0.2) is 9.59 Å². The number of ether oxygens (including phenoxy) is 2. The van der Waals surface area contributed by atoms with Crippen LogP contribution in [-0.2, 0) is 18.8 Å². The highest BCUT2D eigenvalue weighted by atomic mass is 16.7. The van der Waals surface area contributed by atoms with Crippen LogP contribution >= 0.6 is 0 Å². The third-order valence-electron chi connectivity index (χ3n) is 5.41. The highest BCUT2D eigenvalue weighted by Crippen LogP contribution is 2.37. The Hall–Kier alpha value is -2.13. The van der Waals surface area contributed by atoms with Gasteiger partial charge in [-0.2, -0.15) is 4.90 Å². The summed E-state index contributed by atoms with van der Waals surface area (Å²) in [6.07, 6.45) is -0.0322. The molecule has 8 nitrogen and oxygen atoms in total. The predicted octanol–water partition coefficient (Wildman–Crippen LogP) is 4.67. The number of aryl methyl sites for hydroxylation is 1. The van der Waals surface area contributed by atoms with Crippen LogP contribution in [-0.4, -0.2) is 46.7 Å². The van der Waals surface area contributed by atoms with Gasteiger partial charge in [-0.05, 0) is 88.6 Å². The van der Waals surface area contributed by atoms with Gasteiger partial charge in [0.2, 0.25) is 0 Å². The van der Waals surface area contributed by atoms with Crippen molar-refractivity contribution in [1.29, 1.82) is 0 Å². The van der Waals surface area contributed by atoms with E-state index in [-0.39, 0.29) is 0 Å². The Balaban J connectivity index is 2.60. The second kappa shape index (κ2) is 8.34. The highest BCUT2D eigenvalue weighted by molar-refractivity contribution is 6.62. The van der Waals surface area contributed by atoms with Crippen LogP contribution in [0.2, 0.25) is 0 Å². The first-order valence-corrected chi connectivity index (χ1v) is 10.8. The van der Waals surface area contributed by atoms with Crippen molar-refractivity contribution in [2.45, 2.75) is 105 Å². The minimum Gasteiger partial charge on any atom is -0.443 e. The minimum atomic E-state index is -0.842. The Morgan fingerprint density at radius 2 is 1.31 bits per heavy atom. The van der Waals surface area contributed by atoms with Crippen LogP contribution < -0.4 is 10.4 Å². The van der Waals surface area contributed by atoms with Gasteiger partial charge < -0.3 is 18.8 Å². The van der Waals surface area contributed by atoms with E-state index in [4.69, 9.17) is 18.8 Å². The van der Waals surface area contributed by atoms with Gasteiger partial charge in [0.15, 0.2) is 0 Å². The van der Waals surface area contributed by atoms with E-state index >= 15 is 0 Å². The van der Waals surface area contributed by atoms with E-state index in [9.17, 15) is 9.59 Å². The molecule has 1 aliphatic rings. The number of amides is 2. The number of anilines is 1. The van der Waals surface area contributed by atoms with Crippen molar-refractivity contribution >= 4 is 30.5 Å². The smallest absolute Gasteiger partial charge is 0.443 e. The number of hydrogen-bond donors (Lipinski definition) is 0. The lowest BCUT2D eigenvalue weighted by molar-refractivity contribution is 0.00578. The summed E-state index contributed by atoms with van der Waals surface area (Å²) in [7, 11) is -0.703. The van der Waals surface area contributed by atoms with Gasteiger partial charge in [-0.3, -0.25) is 4.98 Å². The maximum atomic E-state index is 13.1. The lowest BCUT2D eigenvalue weighted by atomic mass is 9.76. The number of imide groups is 1. The maximum Gasteiger partial charge on any atom is 0.496 e. The molecule has 1 saturated heterocycles. The van der Waals surface area contributed by atoms with Crippen LogP contribution in [0.25, 0.3) is 0 Å². The molecule has 0 aliphatic carbocycles. The number of nitrogens with zero attached hydrogens (tertiary/aromatic N) is 2. The van der Waals surface area contributed by atoms with Crippen LogP contribution in [0.5, 0.6) is 0 Å². The van der Waals surface area contributed by atoms with Crippen LogP contribution in [0.1, 0.15) is 80.5 Å². The number of carbonyl (C=O) groups is 2. The molecule has 0 saturated carbocycles. The fraction of sp³-hybridized carbons (Fsp3) is 0.696. The first-order chi connectivity index (χ1) is 14.3. The van der Waals surface area contributed by atoms with Gasteiger partial charge in [0.25, 0.3) is 0 Å². The first kappa shape index (κ1) is 26.1. The molecule has 0 radical (unpaired) electrons. The van der Waals surface area contributed by atoms with E-state index in [1.807, 2.05) is 27.7 Å². The van der Waals surface area contributed by atoms with Crippen molar-refractivity contribution in [3.8, 4) is 0 Å². The first-order valence-electron chi connectivity index (χ1n) is 10.8. The molecular formula is C23H37BN2O6. The average Bonchev–Trinajstić information content (AvgIpc) is 2.75. The Labute approximate surface area is 192 Å². The zero-order valence-electron chi connectivity index (χ0n) is 21.5. The van der Waals surface area contributed by atoms with Gasteiger partial charge in [-0.1, -0.05) is 0 Å². The Bertz CT molecular complexity index is 855. The van der Waals surface area contributed by atoms with E-state index in [2.05, 4.69) is 4.98 Å². The second-order valence-corrected chi connectivity index (χ2v) is 11.2. The van der Waals surface area contributed by atoms with Gasteiger partial charge in [0, 0.05) is 11.7 Å². The van der Waals surface area contributed by atoms with Crippen molar-refractivity contribution in [3.63, 3.8) is 0 Å². The fourth-order valence-corrected chi connectivity index (χ4v) is 3.14. The van der Waals surface area contributed by atoms with E-state index in [0.717, 1.165) is 4.90 Å². The maximum absolute atomic E-state index is 13.1. The van der Waals surface area contributed by atoms with E-state index in [1.165, 1.54) is 0 Å². The normalized spacial score (nSPS) is 17.8. The molecule has 9 heteroatoms. The largest absolute Gasteiger partial charge is 0.496 e. The number of rotatable bonds is 2. The fourth-order valence-electron chi connectivity index (χ4n) is 3.14. The minimum absolute atomic E-state index is 0.292. The van der Waals surface area contributed by atoms with Gasteiger partial charge >= 0.3 is 19.3 Å². The summed E-state index contributed by atoms with van der Waals surface area (Å²) in [6, 6.07) is 0. The quantitative estimate of drug-likeness (QED) is 0.608. The van der Waals surface area contributed by atoms with Crippen LogP contribution in [0.4, 0.5) is 15.3 Å². The standard InChI is InChI=1S/C23H37BN2O6/c1-14-16(24-31-22(9,10)23(11,12)32-24)13-25-15(2)17(14)26(18(27)29-20(3,4)5)19(28)30-21(6,7)8/h13H,1-12H3. The van der Waals surface area contributed by atoms with Crippen molar-refractivity contribution in [1.82, 2.24) is 4.98 Å². The zero-order valence-corrected chi connectivity index (χ0v) is 21.5. The molecule has 1 fully saturated rings. The average molecular weight is 448 g/mol. The molecule has 2 heterocycles. The van der Waals surface area contributed by atoms with Crippen LogP contribution in [0, 0.1) is 13.8 Å². The molecule has 0 spiro atoms. The molecule has 32 heavy (non-hydrogen) atoms. The molecule has 178 valence electrons. The summed E-state index contributed by atoms with van der Waals surface area (Å²) >= 11 is 0. The molecular weight excluding hydrogens is 411 g/mol. The lowest BCUT2D eigenvalue weighted by Crippen LogP contribution is -2.46. The van der Waals surface area contributed by atoms with Gasteiger partial charge in [0.1, 0.15) is 11.2 Å². The molecule has 1 aliphatic heterocycles. The van der Waals surface area contributed by atoms with Crippen molar-refractivity contribution in [2.24, 2.45) is 0 Å². The summed E-state index contributed by atoms with van der Waals surface area (Å²) in [6.45, 7) is 21.7. The molecule has 2 rings (SSSR count). The number of carbonyl (C=O) groups excluding carboxylic acids is 2. The molecule has 0 atom stereocenters.